The van der Waals surface area contributed by atoms with Crippen LogP contribution in [0.25, 0.3) is 0 Å². The number of anilines is 1. The maximum absolute atomic E-state index is 13.0. The summed E-state index contributed by atoms with van der Waals surface area (Å²) in [6, 6.07) is 10.3. The molecule has 3 aromatic rings. The van der Waals surface area contributed by atoms with Crippen molar-refractivity contribution in [1.29, 1.82) is 0 Å². The molecule has 1 heterocycles. The average molecular weight is 501 g/mol. The molecule has 4 rings (SSSR count). The van der Waals surface area contributed by atoms with Crippen LogP contribution in [-0.2, 0) is 17.6 Å². The van der Waals surface area contributed by atoms with Crippen LogP contribution in [0.3, 0.4) is 0 Å². The topological polar surface area (TPSA) is 108 Å². The Kier molecular flexibility index (Phi) is 7.14. The molecule has 1 amide bonds. The zero-order valence-corrected chi connectivity index (χ0v) is 19.8. The molecule has 1 aliphatic rings. The van der Waals surface area contributed by atoms with E-state index in [2.05, 4.69) is 5.32 Å². The van der Waals surface area contributed by atoms with Gasteiger partial charge in [0.1, 0.15) is 10.8 Å². The van der Waals surface area contributed by atoms with Gasteiger partial charge in [-0.2, -0.15) is 0 Å². The summed E-state index contributed by atoms with van der Waals surface area (Å²) in [5, 5.41) is 15.3. The highest BCUT2D eigenvalue weighted by molar-refractivity contribution is 7.17. The SMILES string of the molecule is CCOC(=O)c1c(NC(=O)c2ccc(Oc3ccc(Cl)cc3)c([N+](=O)[O-])c2)sc2c1CCCC2. The van der Waals surface area contributed by atoms with E-state index in [1.54, 1.807) is 31.2 Å². The van der Waals surface area contributed by atoms with Crippen molar-refractivity contribution in [3.05, 3.63) is 79.2 Å². The fraction of sp³-hybridized carbons (Fsp3) is 0.250. The Morgan fingerprint density at radius 1 is 1.15 bits per heavy atom. The molecular weight excluding hydrogens is 480 g/mol. The molecule has 8 nitrogen and oxygen atoms in total. The lowest BCUT2D eigenvalue weighted by Gasteiger charge is -2.12. The number of esters is 1. The number of fused-ring (bicyclic) bond motifs is 1. The summed E-state index contributed by atoms with van der Waals surface area (Å²) >= 11 is 7.22. The minimum Gasteiger partial charge on any atom is -0.462 e. The van der Waals surface area contributed by atoms with Gasteiger partial charge in [0.25, 0.3) is 5.91 Å². The first kappa shape index (κ1) is 23.7. The predicted molar refractivity (Wildman–Crippen MR) is 129 cm³/mol. The summed E-state index contributed by atoms with van der Waals surface area (Å²) in [7, 11) is 0. The van der Waals surface area contributed by atoms with E-state index in [9.17, 15) is 19.7 Å². The molecule has 0 atom stereocenters. The Labute approximate surface area is 204 Å². The van der Waals surface area contributed by atoms with Gasteiger partial charge in [0.2, 0.25) is 5.75 Å². The van der Waals surface area contributed by atoms with E-state index in [1.807, 2.05) is 0 Å². The highest BCUT2D eigenvalue weighted by atomic mass is 35.5. The monoisotopic (exact) mass is 500 g/mol. The summed E-state index contributed by atoms with van der Waals surface area (Å²) in [6.45, 7) is 1.94. The van der Waals surface area contributed by atoms with Crippen LogP contribution in [0.5, 0.6) is 11.5 Å². The molecule has 34 heavy (non-hydrogen) atoms. The van der Waals surface area contributed by atoms with Crippen molar-refractivity contribution in [2.45, 2.75) is 32.6 Å². The third-order valence-electron chi connectivity index (χ3n) is 5.34. The van der Waals surface area contributed by atoms with Gasteiger partial charge < -0.3 is 14.8 Å². The van der Waals surface area contributed by atoms with Crippen molar-refractivity contribution in [3.8, 4) is 11.5 Å². The molecule has 0 fully saturated rings. The van der Waals surface area contributed by atoms with Crippen LogP contribution in [0.1, 0.15) is 50.9 Å². The van der Waals surface area contributed by atoms with Gasteiger partial charge in [-0.3, -0.25) is 14.9 Å². The summed E-state index contributed by atoms with van der Waals surface area (Å²) in [5.41, 5.74) is 1.00. The van der Waals surface area contributed by atoms with Crippen LogP contribution in [0.4, 0.5) is 10.7 Å². The van der Waals surface area contributed by atoms with Gasteiger partial charge in [-0.05, 0) is 74.6 Å². The number of ether oxygens (including phenoxy) is 2. The van der Waals surface area contributed by atoms with Gasteiger partial charge in [-0.15, -0.1) is 11.3 Å². The van der Waals surface area contributed by atoms with Crippen molar-refractivity contribution < 1.29 is 24.0 Å². The van der Waals surface area contributed by atoms with Crippen LogP contribution in [0.2, 0.25) is 5.02 Å². The molecule has 0 saturated carbocycles. The molecule has 0 unspecified atom stereocenters. The average Bonchev–Trinajstić information content (AvgIpc) is 3.18. The van der Waals surface area contributed by atoms with Crippen LogP contribution in [-0.4, -0.2) is 23.4 Å². The second-order valence-electron chi connectivity index (χ2n) is 7.59. The number of hydrogen-bond acceptors (Lipinski definition) is 7. The lowest BCUT2D eigenvalue weighted by atomic mass is 9.95. The zero-order valence-electron chi connectivity index (χ0n) is 18.3. The molecule has 1 aromatic heterocycles. The number of amides is 1. The molecule has 2 aromatic carbocycles. The van der Waals surface area contributed by atoms with Crippen LogP contribution < -0.4 is 10.1 Å². The zero-order chi connectivity index (χ0) is 24.2. The quantitative estimate of drug-likeness (QED) is 0.228. The van der Waals surface area contributed by atoms with E-state index in [0.717, 1.165) is 42.2 Å². The molecule has 176 valence electrons. The van der Waals surface area contributed by atoms with Gasteiger partial charge in [0.15, 0.2) is 0 Å². The van der Waals surface area contributed by atoms with Crippen molar-refractivity contribution in [1.82, 2.24) is 0 Å². The van der Waals surface area contributed by atoms with Crippen molar-refractivity contribution in [2.24, 2.45) is 0 Å². The largest absolute Gasteiger partial charge is 0.462 e. The van der Waals surface area contributed by atoms with E-state index >= 15 is 0 Å². The Balaban J connectivity index is 1.62. The predicted octanol–water partition coefficient (Wildman–Crippen LogP) is 6.41. The summed E-state index contributed by atoms with van der Waals surface area (Å²) in [4.78, 5) is 37.7. The van der Waals surface area contributed by atoms with Crippen molar-refractivity contribution in [3.63, 3.8) is 0 Å². The van der Waals surface area contributed by atoms with Gasteiger partial charge in [0.05, 0.1) is 17.1 Å². The Morgan fingerprint density at radius 3 is 2.59 bits per heavy atom. The maximum Gasteiger partial charge on any atom is 0.341 e. The Bertz CT molecular complexity index is 1260. The number of nitrogens with one attached hydrogen (secondary N) is 1. The fourth-order valence-electron chi connectivity index (χ4n) is 3.77. The van der Waals surface area contributed by atoms with E-state index < -0.39 is 16.8 Å². The normalized spacial score (nSPS) is 12.5. The number of nitro benzene ring substituents is 1. The summed E-state index contributed by atoms with van der Waals surface area (Å²) in [5.74, 6) is -0.684. The van der Waals surface area contributed by atoms with Crippen molar-refractivity contribution in [2.75, 3.05) is 11.9 Å². The number of halogens is 1. The third-order valence-corrected chi connectivity index (χ3v) is 6.80. The Morgan fingerprint density at radius 2 is 1.88 bits per heavy atom. The fourth-order valence-corrected chi connectivity index (χ4v) is 5.16. The number of rotatable bonds is 7. The number of aryl methyl sites for hydroxylation is 1. The second kappa shape index (κ2) is 10.2. The number of carbonyl (C=O) groups excluding carboxylic acids is 2. The molecule has 10 heteroatoms. The van der Waals surface area contributed by atoms with Crippen LogP contribution in [0.15, 0.2) is 42.5 Å². The molecule has 0 spiro atoms. The first-order chi connectivity index (χ1) is 16.4. The first-order valence-corrected chi connectivity index (χ1v) is 11.9. The summed E-state index contributed by atoms with van der Waals surface area (Å²) in [6.07, 6.45) is 3.57. The number of hydrogen-bond donors (Lipinski definition) is 1. The first-order valence-electron chi connectivity index (χ1n) is 10.7. The number of nitro groups is 1. The highest BCUT2D eigenvalue weighted by Gasteiger charge is 2.28. The minimum atomic E-state index is -0.615. The molecule has 1 aliphatic carbocycles. The number of thiophene rings is 1. The van der Waals surface area contributed by atoms with Crippen LogP contribution in [0, 0.1) is 10.1 Å². The van der Waals surface area contributed by atoms with Crippen LogP contribution >= 0.6 is 22.9 Å². The number of carbonyl (C=O) groups is 2. The molecule has 0 bridgehead atoms. The van der Waals surface area contributed by atoms with E-state index in [-0.39, 0.29) is 23.6 Å². The highest BCUT2D eigenvalue weighted by Crippen LogP contribution is 2.39. The van der Waals surface area contributed by atoms with E-state index in [1.165, 1.54) is 23.5 Å². The molecular formula is C24H21ClN2O6S. The van der Waals surface area contributed by atoms with Gasteiger partial charge in [-0.1, -0.05) is 11.6 Å². The minimum absolute atomic E-state index is 0.0114. The second-order valence-corrected chi connectivity index (χ2v) is 9.13. The van der Waals surface area contributed by atoms with E-state index in [0.29, 0.717) is 21.3 Å². The van der Waals surface area contributed by atoms with E-state index in [4.69, 9.17) is 21.1 Å². The lowest BCUT2D eigenvalue weighted by molar-refractivity contribution is -0.385. The lowest BCUT2D eigenvalue weighted by Crippen LogP contribution is -2.16. The van der Waals surface area contributed by atoms with Gasteiger partial charge >= 0.3 is 11.7 Å². The maximum atomic E-state index is 13.0. The molecule has 0 radical (unpaired) electrons. The number of benzene rings is 2. The Hall–Kier alpha value is -3.43. The standard InChI is InChI=1S/C24H21ClN2O6S/c1-2-32-24(29)21-17-5-3-4-6-20(17)34-23(21)26-22(28)14-7-12-19(18(13-14)27(30)31)33-16-10-8-15(25)9-11-16/h7-13H,2-6H2,1H3,(H,26,28). The summed E-state index contributed by atoms with van der Waals surface area (Å²) < 4.78 is 10.8. The van der Waals surface area contributed by atoms with Gasteiger partial charge in [-0.25, -0.2) is 4.79 Å². The van der Waals surface area contributed by atoms with Crippen molar-refractivity contribution >= 4 is 45.5 Å². The van der Waals surface area contributed by atoms with Gasteiger partial charge in [0, 0.05) is 21.5 Å². The smallest absolute Gasteiger partial charge is 0.341 e. The number of nitrogens with zero attached hydrogens (tertiary/aromatic N) is 1. The molecule has 0 saturated heterocycles. The molecule has 0 aliphatic heterocycles. The molecule has 1 N–H and O–H groups in total. The third kappa shape index (κ3) is 5.05.